The molecule has 7 heteroatoms. The second-order valence-electron chi connectivity index (χ2n) is 6.08. The second kappa shape index (κ2) is 7.11. The van der Waals surface area contributed by atoms with Gasteiger partial charge in [-0.2, -0.15) is 0 Å². The van der Waals surface area contributed by atoms with Gasteiger partial charge in [-0.25, -0.2) is 13.6 Å². The summed E-state index contributed by atoms with van der Waals surface area (Å²) in [5.41, 5.74) is 1.64. The molecule has 0 saturated heterocycles. The number of methoxy groups -OCH3 is 1. The molecule has 0 fully saturated rings. The summed E-state index contributed by atoms with van der Waals surface area (Å²) in [5, 5.41) is 3.13. The maximum absolute atomic E-state index is 14.1. The summed E-state index contributed by atoms with van der Waals surface area (Å²) in [5.74, 6) is -3.67. The fourth-order valence-corrected chi connectivity index (χ4v) is 2.72. The minimum Gasteiger partial charge on any atom is -0.465 e. The Hall–Kier alpha value is -3.35. The van der Waals surface area contributed by atoms with Gasteiger partial charge in [0.15, 0.2) is 0 Å². The number of carbonyl (C=O) groups excluding carboxylic acids is 2. The Morgan fingerprint density at radius 1 is 1.00 bits per heavy atom. The number of nitrogens with one attached hydrogen (secondary N) is 1. The lowest BCUT2D eigenvalue weighted by Crippen LogP contribution is -2.16. The van der Waals surface area contributed by atoms with Gasteiger partial charge in [-0.1, -0.05) is 11.6 Å². The molecule has 2 aromatic carbocycles. The number of benzene rings is 2. The number of pyridine rings is 1. The van der Waals surface area contributed by atoms with Crippen molar-refractivity contribution in [1.82, 2.24) is 4.98 Å². The van der Waals surface area contributed by atoms with Crippen LogP contribution in [-0.2, 0) is 4.74 Å². The summed E-state index contributed by atoms with van der Waals surface area (Å²) in [6.45, 7) is 3.58. The molecule has 3 rings (SSSR count). The van der Waals surface area contributed by atoms with E-state index < -0.39 is 29.1 Å². The molecule has 0 atom stereocenters. The highest BCUT2D eigenvalue weighted by molar-refractivity contribution is 6.07. The summed E-state index contributed by atoms with van der Waals surface area (Å²) in [6.07, 6.45) is 0. The molecular formula is C20H16F2N2O3. The van der Waals surface area contributed by atoms with E-state index in [4.69, 9.17) is 0 Å². The molecule has 1 aromatic heterocycles. The van der Waals surface area contributed by atoms with Crippen LogP contribution in [0.15, 0.2) is 36.4 Å². The number of carbonyl (C=O) groups is 2. The number of hydrogen-bond acceptors (Lipinski definition) is 4. The van der Waals surface area contributed by atoms with Crippen molar-refractivity contribution in [3.63, 3.8) is 0 Å². The smallest absolute Gasteiger partial charge is 0.340 e. The zero-order valence-corrected chi connectivity index (χ0v) is 14.9. The molecule has 0 aliphatic rings. The summed E-state index contributed by atoms with van der Waals surface area (Å²) < 4.78 is 32.3. The number of esters is 1. The van der Waals surface area contributed by atoms with Gasteiger partial charge in [0.25, 0.3) is 5.91 Å². The molecular weight excluding hydrogens is 354 g/mol. The van der Waals surface area contributed by atoms with E-state index in [1.807, 2.05) is 25.1 Å². The molecule has 0 unspecified atom stereocenters. The maximum atomic E-state index is 14.1. The summed E-state index contributed by atoms with van der Waals surface area (Å²) in [4.78, 5) is 28.6. The number of hydrogen-bond donors (Lipinski definition) is 1. The van der Waals surface area contributed by atoms with Crippen molar-refractivity contribution in [2.75, 3.05) is 12.4 Å². The number of fused-ring (bicyclic) bond motifs is 1. The lowest BCUT2D eigenvalue weighted by atomic mass is 10.1. The van der Waals surface area contributed by atoms with Gasteiger partial charge in [0, 0.05) is 11.5 Å². The van der Waals surface area contributed by atoms with Crippen LogP contribution in [0, 0.1) is 25.5 Å². The van der Waals surface area contributed by atoms with Crippen LogP contribution in [0.2, 0.25) is 0 Å². The first kappa shape index (κ1) is 18.4. The standard InChI is InChI=1S/C20H16F2N2O3/c1-10-4-5-17-12(6-10)7-13(11(2)23-17)19(25)24-18-8-14(20(26)27-3)15(21)9-16(18)22/h4-9H,1-3H3,(H,24,25). The normalized spacial score (nSPS) is 10.7. The molecule has 0 aliphatic heterocycles. The maximum Gasteiger partial charge on any atom is 0.340 e. The van der Waals surface area contributed by atoms with Gasteiger partial charge in [0.1, 0.15) is 11.6 Å². The predicted octanol–water partition coefficient (Wildman–Crippen LogP) is 4.17. The highest BCUT2D eigenvalue weighted by Crippen LogP contribution is 2.23. The largest absolute Gasteiger partial charge is 0.465 e. The first-order valence-electron chi connectivity index (χ1n) is 8.07. The second-order valence-corrected chi connectivity index (χ2v) is 6.08. The quantitative estimate of drug-likeness (QED) is 0.703. The van der Waals surface area contributed by atoms with Crippen LogP contribution in [0.1, 0.15) is 32.0 Å². The Morgan fingerprint density at radius 2 is 1.74 bits per heavy atom. The van der Waals surface area contributed by atoms with Gasteiger partial charge < -0.3 is 10.1 Å². The van der Waals surface area contributed by atoms with E-state index in [2.05, 4.69) is 15.0 Å². The summed E-state index contributed by atoms with van der Waals surface area (Å²) in [6, 6.07) is 8.73. The van der Waals surface area contributed by atoms with Crippen LogP contribution in [-0.4, -0.2) is 24.0 Å². The molecule has 1 heterocycles. The minimum absolute atomic E-state index is 0.247. The average Bonchev–Trinajstić information content (AvgIpc) is 2.63. The zero-order chi connectivity index (χ0) is 19.7. The third-order valence-electron chi connectivity index (χ3n) is 4.12. The molecule has 0 spiro atoms. The number of ether oxygens (including phenoxy) is 1. The minimum atomic E-state index is -1.07. The zero-order valence-electron chi connectivity index (χ0n) is 14.9. The number of aromatic nitrogens is 1. The molecule has 138 valence electrons. The fourth-order valence-electron chi connectivity index (χ4n) is 2.72. The van der Waals surface area contributed by atoms with Gasteiger partial charge in [-0.3, -0.25) is 9.78 Å². The van der Waals surface area contributed by atoms with Crippen molar-refractivity contribution in [3.05, 3.63) is 70.4 Å². The van der Waals surface area contributed by atoms with Crippen LogP contribution in [0.5, 0.6) is 0 Å². The Balaban J connectivity index is 1.99. The van der Waals surface area contributed by atoms with Crippen molar-refractivity contribution in [2.24, 2.45) is 0 Å². The number of amides is 1. The lowest BCUT2D eigenvalue weighted by Gasteiger charge is -2.11. The number of halogens is 2. The molecule has 1 amide bonds. The Bertz CT molecular complexity index is 1080. The molecule has 0 radical (unpaired) electrons. The first-order valence-corrected chi connectivity index (χ1v) is 8.07. The van der Waals surface area contributed by atoms with Crippen LogP contribution < -0.4 is 5.32 Å². The summed E-state index contributed by atoms with van der Waals surface area (Å²) >= 11 is 0. The highest BCUT2D eigenvalue weighted by atomic mass is 19.1. The number of rotatable bonds is 3. The molecule has 0 aliphatic carbocycles. The molecule has 0 saturated carbocycles. The van der Waals surface area contributed by atoms with Crippen molar-refractivity contribution in [2.45, 2.75) is 13.8 Å². The van der Waals surface area contributed by atoms with Crippen LogP contribution in [0.25, 0.3) is 10.9 Å². The van der Waals surface area contributed by atoms with Gasteiger partial charge in [0.05, 0.1) is 35.1 Å². The van der Waals surface area contributed by atoms with E-state index in [0.29, 0.717) is 11.8 Å². The van der Waals surface area contributed by atoms with Crippen LogP contribution >= 0.6 is 0 Å². The van der Waals surface area contributed by atoms with E-state index >= 15 is 0 Å². The molecule has 0 bridgehead atoms. The third kappa shape index (κ3) is 3.62. The van der Waals surface area contributed by atoms with Crippen molar-refractivity contribution in [3.8, 4) is 0 Å². The molecule has 5 nitrogen and oxygen atoms in total. The van der Waals surface area contributed by atoms with Crippen LogP contribution in [0.4, 0.5) is 14.5 Å². The SMILES string of the molecule is COC(=O)c1cc(NC(=O)c2cc3cc(C)ccc3nc2C)c(F)cc1F. The van der Waals surface area contributed by atoms with E-state index in [1.54, 1.807) is 13.0 Å². The van der Waals surface area contributed by atoms with Gasteiger partial charge in [-0.05, 0) is 38.1 Å². The molecule has 1 N–H and O–H groups in total. The Morgan fingerprint density at radius 3 is 2.44 bits per heavy atom. The van der Waals surface area contributed by atoms with Crippen molar-refractivity contribution >= 4 is 28.5 Å². The van der Waals surface area contributed by atoms with Gasteiger partial charge in [-0.15, -0.1) is 0 Å². The topological polar surface area (TPSA) is 68.3 Å². The third-order valence-corrected chi connectivity index (χ3v) is 4.12. The van der Waals surface area contributed by atoms with E-state index in [9.17, 15) is 18.4 Å². The fraction of sp³-hybridized carbons (Fsp3) is 0.150. The Kier molecular flexibility index (Phi) is 4.85. The number of anilines is 1. The predicted molar refractivity (Wildman–Crippen MR) is 96.9 cm³/mol. The number of aryl methyl sites for hydroxylation is 2. The van der Waals surface area contributed by atoms with E-state index in [-0.39, 0.29) is 11.3 Å². The van der Waals surface area contributed by atoms with Gasteiger partial charge >= 0.3 is 5.97 Å². The van der Waals surface area contributed by atoms with E-state index in [1.165, 1.54) is 0 Å². The van der Waals surface area contributed by atoms with Crippen LogP contribution in [0.3, 0.4) is 0 Å². The average molecular weight is 370 g/mol. The molecule has 27 heavy (non-hydrogen) atoms. The first-order chi connectivity index (χ1) is 12.8. The number of nitrogens with zero attached hydrogens (tertiary/aromatic N) is 1. The molecule has 3 aromatic rings. The Labute approximate surface area is 154 Å². The van der Waals surface area contributed by atoms with E-state index in [0.717, 1.165) is 29.6 Å². The van der Waals surface area contributed by atoms with Crippen molar-refractivity contribution in [1.29, 1.82) is 0 Å². The van der Waals surface area contributed by atoms with Crippen molar-refractivity contribution < 1.29 is 23.1 Å². The van der Waals surface area contributed by atoms with Gasteiger partial charge in [0.2, 0.25) is 0 Å². The highest BCUT2D eigenvalue weighted by Gasteiger charge is 2.19. The monoisotopic (exact) mass is 370 g/mol. The summed E-state index contributed by atoms with van der Waals surface area (Å²) in [7, 11) is 1.08. The lowest BCUT2D eigenvalue weighted by molar-refractivity contribution is 0.0595.